The Kier molecular flexibility index (Phi) is 4.67. The number of rotatable bonds is 5. The number of likely N-dealkylation sites (tertiary alicyclic amines) is 1. The number of phenolic OH excluding ortho intramolecular Hbond substituents is 1. The van der Waals surface area contributed by atoms with E-state index < -0.39 is 0 Å². The summed E-state index contributed by atoms with van der Waals surface area (Å²) in [5.74, 6) is 1.46. The first-order chi connectivity index (χ1) is 12.2. The third kappa shape index (κ3) is 3.38. The summed E-state index contributed by atoms with van der Waals surface area (Å²) in [6.07, 6.45) is 6.94. The van der Waals surface area contributed by atoms with E-state index in [-0.39, 0.29) is 0 Å². The zero-order valence-corrected chi connectivity index (χ0v) is 15.0. The summed E-state index contributed by atoms with van der Waals surface area (Å²) in [7, 11) is 1.74. The van der Waals surface area contributed by atoms with Crippen LogP contribution in [0.5, 0.6) is 11.5 Å². The van der Waals surface area contributed by atoms with Gasteiger partial charge in [-0.05, 0) is 73.9 Å². The highest BCUT2D eigenvalue weighted by Gasteiger charge is 2.27. The number of hydrogen-bond donors (Lipinski definition) is 1. The molecule has 0 unspecified atom stereocenters. The van der Waals surface area contributed by atoms with Crippen molar-refractivity contribution in [1.29, 1.82) is 0 Å². The number of hydrogen-bond acceptors (Lipinski definition) is 3. The highest BCUT2D eigenvalue weighted by molar-refractivity contribution is 5.44. The minimum absolute atomic E-state index is 0.476. The van der Waals surface area contributed by atoms with Crippen molar-refractivity contribution in [2.45, 2.75) is 51.1 Å². The number of fused-ring (bicyclic) bond motifs is 1. The summed E-state index contributed by atoms with van der Waals surface area (Å²) in [5, 5.41) is 10.4. The Morgan fingerprint density at radius 3 is 2.72 bits per heavy atom. The van der Waals surface area contributed by atoms with Crippen LogP contribution in [0.1, 0.15) is 41.5 Å². The Morgan fingerprint density at radius 2 is 1.88 bits per heavy atom. The molecule has 1 aliphatic heterocycles. The van der Waals surface area contributed by atoms with Gasteiger partial charge in [0.25, 0.3) is 0 Å². The van der Waals surface area contributed by atoms with Gasteiger partial charge in [0, 0.05) is 18.2 Å². The van der Waals surface area contributed by atoms with E-state index in [0.717, 1.165) is 43.7 Å². The summed E-state index contributed by atoms with van der Waals surface area (Å²) in [4.78, 5) is 2.53. The van der Waals surface area contributed by atoms with Crippen LogP contribution in [0.2, 0.25) is 0 Å². The van der Waals surface area contributed by atoms with Crippen molar-refractivity contribution in [2.75, 3.05) is 13.7 Å². The number of phenols is 1. The quantitative estimate of drug-likeness (QED) is 0.892. The van der Waals surface area contributed by atoms with Gasteiger partial charge in [-0.3, -0.25) is 4.90 Å². The van der Waals surface area contributed by atoms with Crippen LogP contribution < -0.4 is 4.74 Å². The van der Waals surface area contributed by atoms with Crippen LogP contribution in [0.3, 0.4) is 0 Å². The lowest BCUT2D eigenvalue weighted by molar-refractivity contribution is 0.239. The van der Waals surface area contributed by atoms with Crippen molar-refractivity contribution in [3.63, 3.8) is 0 Å². The molecule has 0 spiro atoms. The van der Waals surface area contributed by atoms with Gasteiger partial charge in [0.05, 0.1) is 7.11 Å². The molecule has 25 heavy (non-hydrogen) atoms. The molecule has 2 aromatic rings. The fourth-order valence-electron chi connectivity index (χ4n) is 4.47. The fourth-order valence-corrected chi connectivity index (χ4v) is 4.47. The van der Waals surface area contributed by atoms with Gasteiger partial charge >= 0.3 is 0 Å². The number of benzene rings is 2. The number of aryl methyl sites for hydroxylation is 2. The van der Waals surface area contributed by atoms with E-state index in [4.69, 9.17) is 4.74 Å². The highest BCUT2D eigenvalue weighted by atomic mass is 16.5. The zero-order chi connectivity index (χ0) is 17.2. The fraction of sp³-hybridized carbons (Fsp3) is 0.455. The summed E-state index contributed by atoms with van der Waals surface area (Å²) >= 11 is 0. The molecular weight excluding hydrogens is 310 g/mol. The molecule has 0 amide bonds. The van der Waals surface area contributed by atoms with E-state index in [9.17, 15) is 5.11 Å². The largest absolute Gasteiger partial charge is 0.508 e. The smallest absolute Gasteiger partial charge is 0.122 e. The normalized spacial score (nSPS) is 20.0. The van der Waals surface area contributed by atoms with Crippen molar-refractivity contribution < 1.29 is 9.84 Å². The second kappa shape index (κ2) is 7.09. The molecule has 0 saturated carbocycles. The summed E-state index contributed by atoms with van der Waals surface area (Å²) < 4.78 is 5.52. The van der Waals surface area contributed by atoms with Gasteiger partial charge in [-0.25, -0.2) is 0 Å². The maximum Gasteiger partial charge on any atom is 0.122 e. The van der Waals surface area contributed by atoms with Crippen LogP contribution in [0.15, 0.2) is 36.4 Å². The molecule has 1 N–H and O–H groups in total. The molecule has 1 heterocycles. The molecule has 3 heteroatoms. The molecule has 3 nitrogen and oxygen atoms in total. The minimum atomic E-state index is 0.476. The summed E-state index contributed by atoms with van der Waals surface area (Å²) in [6.45, 7) is 1.95. The van der Waals surface area contributed by atoms with Crippen LogP contribution in [-0.4, -0.2) is 29.7 Å². The van der Waals surface area contributed by atoms with Crippen molar-refractivity contribution in [3.8, 4) is 11.5 Å². The average Bonchev–Trinajstić information content (AvgIpc) is 3.25. The molecular formula is C22H27NO2. The average molecular weight is 337 g/mol. The highest BCUT2D eigenvalue weighted by Crippen LogP contribution is 2.32. The molecule has 0 aromatic heterocycles. The van der Waals surface area contributed by atoms with Gasteiger partial charge in [-0.15, -0.1) is 0 Å². The number of para-hydroxylation sites is 1. The van der Waals surface area contributed by atoms with Crippen molar-refractivity contribution >= 4 is 0 Å². The minimum Gasteiger partial charge on any atom is -0.508 e. The monoisotopic (exact) mass is 337 g/mol. The van der Waals surface area contributed by atoms with E-state index in [1.165, 1.54) is 36.0 Å². The molecule has 132 valence electrons. The topological polar surface area (TPSA) is 32.7 Å². The van der Waals surface area contributed by atoms with Gasteiger partial charge in [-0.1, -0.05) is 24.3 Å². The van der Waals surface area contributed by atoms with Crippen LogP contribution in [0.25, 0.3) is 0 Å². The molecule has 1 atom stereocenters. The lowest BCUT2D eigenvalue weighted by Crippen LogP contribution is -2.30. The lowest BCUT2D eigenvalue weighted by Gasteiger charge is -2.26. The zero-order valence-electron chi connectivity index (χ0n) is 15.0. The van der Waals surface area contributed by atoms with Gasteiger partial charge in [0.1, 0.15) is 11.5 Å². The second-order valence-corrected chi connectivity index (χ2v) is 7.39. The number of aromatic hydroxyl groups is 1. The molecule has 0 radical (unpaired) electrons. The van der Waals surface area contributed by atoms with Crippen LogP contribution in [0, 0.1) is 0 Å². The molecule has 2 aliphatic rings. The van der Waals surface area contributed by atoms with Gasteiger partial charge in [-0.2, -0.15) is 0 Å². The predicted octanol–water partition coefficient (Wildman–Crippen LogP) is 4.10. The molecule has 1 saturated heterocycles. The molecule has 1 fully saturated rings. The van der Waals surface area contributed by atoms with E-state index in [1.54, 1.807) is 7.11 Å². The number of ether oxygens (including phenoxy) is 1. The third-order valence-corrected chi connectivity index (χ3v) is 5.81. The Bertz CT molecular complexity index is 756. The maximum absolute atomic E-state index is 10.4. The number of methoxy groups -OCH3 is 1. The first kappa shape index (κ1) is 16.5. The van der Waals surface area contributed by atoms with Gasteiger partial charge in [0.15, 0.2) is 0 Å². The summed E-state index contributed by atoms with van der Waals surface area (Å²) in [6, 6.07) is 13.1. The molecule has 0 bridgehead atoms. The lowest BCUT2D eigenvalue weighted by atomic mass is 10.0. The van der Waals surface area contributed by atoms with Crippen molar-refractivity contribution in [3.05, 3.63) is 58.7 Å². The van der Waals surface area contributed by atoms with E-state index in [0.29, 0.717) is 11.8 Å². The third-order valence-electron chi connectivity index (χ3n) is 5.81. The Morgan fingerprint density at radius 1 is 1.08 bits per heavy atom. The Hall–Kier alpha value is -2.00. The first-order valence-electron chi connectivity index (χ1n) is 9.44. The van der Waals surface area contributed by atoms with Crippen molar-refractivity contribution in [1.82, 2.24) is 4.90 Å². The van der Waals surface area contributed by atoms with E-state index in [1.807, 2.05) is 18.2 Å². The Labute approximate surface area is 150 Å². The van der Waals surface area contributed by atoms with Crippen LogP contribution >= 0.6 is 0 Å². The van der Waals surface area contributed by atoms with E-state index >= 15 is 0 Å². The number of nitrogens with zero attached hydrogens (tertiary/aromatic N) is 1. The van der Waals surface area contributed by atoms with Gasteiger partial charge < -0.3 is 9.84 Å². The molecule has 1 aliphatic carbocycles. The SMILES string of the molecule is COc1ccccc1C[C@H]1CCCN1Cc1cc2c(cc1O)CCC2. The maximum atomic E-state index is 10.4. The predicted molar refractivity (Wildman–Crippen MR) is 100 cm³/mol. The van der Waals surface area contributed by atoms with Crippen molar-refractivity contribution in [2.24, 2.45) is 0 Å². The Balaban J connectivity index is 1.50. The van der Waals surface area contributed by atoms with Crippen LogP contribution in [0.4, 0.5) is 0 Å². The standard InChI is InChI=1S/C22H27NO2/c1-25-22-10-3-2-6-18(22)13-20-9-5-11-23(20)15-19-12-16-7-4-8-17(16)14-21(19)24/h2-3,6,10,12,14,20,24H,4-5,7-9,11,13,15H2,1H3/t20-/m1/s1. The molecule has 2 aromatic carbocycles. The van der Waals surface area contributed by atoms with E-state index in [2.05, 4.69) is 23.1 Å². The second-order valence-electron chi connectivity index (χ2n) is 7.39. The van der Waals surface area contributed by atoms with Crippen LogP contribution in [-0.2, 0) is 25.8 Å². The molecule has 4 rings (SSSR count). The first-order valence-corrected chi connectivity index (χ1v) is 9.44. The van der Waals surface area contributed by atoms with Gasteiger partial charge in [0.2, 0.25) is 0 Å². The summed E-state index contributed by atoms with van der Waals surface area (Å²) in [5.41, 5.74) is 5.15.